The summed E-state index contributed by atoms with van der Waals surface area (Å²) < 4.78 is 13.4. The highest BCUT2D eigenvalue weighted by atomic mass is 19.1. The van der Waals surface area contributed by atoms with Crippen LogP contribution in [0.5, 0.6) is 0 Å². The first-order chi connectivity index (χ1) is 8.96. The second-order valence-electron chi connectivity index (χ2n) is 5.78. The van der Waals surface area contributed by atoms with E-state index in [4.69, 9.17) is 0 Å². The van der Waals surface area contributed by atoms with Gasteiger partial charge in [0.05, 0.1) is 5.56 Å². The average molecular weight is 265 g/mol. The average Bonchev–Trinajstić information content (AvgIpc) is 2.37. The molecule has 1 rings (SSSR count). The number of carbonyl (C=O) groups excluding carboxylic acids is 1. The molecular formula is C16H24FNO. The van der Waals surface area contributed by atoms with E-state index in [1.807, 2.05) is 0 Å². The number of amides is 1. The zero-order valence-electron chi connectivity index (χ0n) is 12.1. The second kappa shape index (κ2) is 7.27. The zero-order chi connectivity index (χ0) is 14.3. The van der Waals surface area contributed by atoms with E-state index in [1.54, 1.807) is 12.1 Å². The number of halogens is 1. The highest BCUT2D eigenvalue weighted by Crippen LogP contribution is 2.22. The van der Waals surface area contributed by atoms with Gasteiger partial charge in [-0.2, -0.15) is 0 Å². The molecule has 0 bridgehead atoms. The molecule has 106 valence electrons. The molecule has 1 aromatic rings. The third kappa shape index (κ3) is 5.41. The summed E-state index contributed by atoms with van der Waals surface area (Å²) in [6.07, 6.45) is 4.64. The number of carbonyl (C=O) groups is 1. The van der Waals surface area contributed by atoms with Crippen LogP contribution in [-0.4, -0.2) is 12.5 Å². The normalized spacial score (nSPS) is 11.4. The van der Waals surface area contributed by atoms with Gasteiger partial charge in [0.1, 0.15) is 5.82 Å². The van der Waals surface area contributed by atoms with E-state index < -0.39 is 5.82 Å². The lowest BCUT2D eigenvalue weighted by molar-refractivity contribution is 0.0930. The Bertz CT molecular complexity index is 415. The summed E-state index contributed by atoms with van der Waals surface area (Å²) in [5.41, 5.74) is 0.169. The zero-order valence-corrected chi connectivity index (χ0v) is 12.1. The van der Waals surface area contributed by atoms with Crippen LogP contribution in [0.1, 0.15) is 56.8 Å². The van der Waals surface area contributed by atoms with Gasteiger partial charge in [0.15, 0.2) is 0 Å². The summed E-state index contributed by atoms with van der Waals surface area (Å²) >= 11 is 0. The van der Waals surface area contributed by atoms with Crippen LogP contribution < -0.4 is 5.32 Å². The third-order valence-corrected chi connectivity index (χ3v) is 3.30. The summed E-state index contributed by atoms with van der Waals surface area (Å²) in [5, 5.41) is 2.83. The first kappa shape index (κ1) is 15.7. The van der Waals surface area contributed by atoms with E-state index in [0.717, 1.165) is 6.42 Å². The smallest absolute Gasteiger partial charge is 0.254 e. The Morgan fingerprint density at radius 3 is 2.58 bits per heavy atom. The van der Waals surface area contributed by atoms with Gasteiger partial charge in [-0.05, 0) is 24.0 Å². The molecule has 3 heteroatoms. The van der Waals surface area contributed by atoms with Gasteiger partial charge < -0.3 is 5.32 Å². The van der Waals surface area contributed by atoms with Crippen molar-refractivity contribution in [1.29, 1.82) is 0 Å². The first-order valence-electron chi connectivity index (χ1n) is 6.99. The summed E-state index contributed by atoms with van der Waals surface area (Å²) in [6.45, 7) is 7.01. The molecular weight excluding hydrogens is 241 g/mol. The van der Waals surface area contributed by atoms with Crippen LogP contribution in [0.25, 0.3) is 0 Å². The highest BCUT2D eigenvalue weighted by molar-refractivity contribution is 5.94. The van der Waals surface area contributed by atoms with Crippen molar-refractivity contribution < 1.29 is 9.18 Å². The van der Waals surface area contributed by atoms with Gasteiger partial charge >= 0.3 is 0 Å². The molecule has 0 aliphatic rings. The van der Waals surface area contributed by atoms with E-state index in [2.05, 4.69) is 26.1 Å². The van der Waals surface area contributed by atoms with Gasteiger partial charge in [-0.25, -0.2) is 4.39 Å². The van der Waals surface area contributed by atoms with Gasteiger partial charge in [-0.15, -0.1) is 0 Å². The molecule has 1 aromatic carbocycles. The quantitative estimate of drug-likeness (QED) is 0.737. The predicted molar refractivity (Wildman–Crippen MR) is 76.7 cm³/mol. The predicted octanol–water partition coefficient (Wildman–Crippen LogP) is 4.16. The standard InChI is InChI=1S/C16H24FNO/c1-4-5-8-11-16(2,3)12-18-15(19)13-9-6-7-10-14(13)17/h6-7,9-10H,4-5,8,11-12H2,1-3H3,(H,18,19). The number of hydrogen-bond acceptors (Lipinski definition) is 1. The van der Waals surface area contributed by atoms with Crippen LogP contribution in [0.15, 0.2) is 24.3 Å². The molecule has 0 fully saturated rings. The van der Waals surface area contributed by atoms with Crippen molar-refractivity contribution in [1.82, 2.24) is 5.32 Å². The fraction of sp³-hybridized carbons (Fsp3) is 0.562. The van der Waals surface area contributed by atoms with Crippen LogP contribution in [0.3, 0.4) is 0 Å². The molecule has 1 N–H and O–H groups in total. The Morgan fingerprint density at radius 2 is 1.95 bits per heavy atom. The van der Waals surface area contributed by atoms with Crippen LogP contribution in [0.4, 0.5) is 4.39 Å². The fourth-order valence-corrected chi connectivity index (χ4v) is 2.00. The number of hydrogen-bond donors (Lipinski definition) is 1. The van der Waals surface area contributed by atoms with Gasteiger partial charge in [0, 0.05) is 6.54 Å². The van der Waals surface area contributed by atoms with Crippen molar-refractivity contribution in [3.63, 3.8) is 0 Å². The Balaban J connectivity index is 2.47. The van der Waals surface area contributed by atoms with Gasteiger partial charge in [-0.1, -0.05) is 52.2 Å². The minimum Gasteiger partial charge on any atom is -0.351 e. The molecule has 1 amide bonds. The molecule has 0 unspecified atom stereocenters. The molecule has 0 aliphatic carbocycles. The minimum atomic E-state index is -0.469. The molecule has 0 saturated heterocycles. The maximum atomic E-state index is 13.4. The number of nitrogens with one attached hydrogen (secondary N) is 1. The summed E-state index contributed by atoms with van der Waals surface area (Å²) in [7, 11) is 0. The number of benzene rings is 1. The minimum absolute atomic E-state index is 0.0517. The van der Waals surface area contributed by atoms with Crippen molar-refractivity contribution in [2.24, 2.45) is 5.41 Å². The molecule has 0 aromatic heterocycles. The van der Waals surface area contributed by atoms with Gasteiger partial charge in [0.25, 0.3) is 5.91 Å². The Kier molecular flexibility index (Phi) is 6.00. The van der Waals surface area contributed by atoms with Crippen LogP contribution in [0.2, 0.25) is 0 Å². The van der Waals surface area contributed by atoms with Gasteiger partial charge in [-0.3, -0.25) is 4.79 Å². The molecule has 0 radical (unpaired) electrons. The fourth-order valence-electron chi connectivity index (χ4n) is 2.00. The van der Waals surface area contributed by atoms with E-state index in [1.165, 1.54) is 31.4 Å². The third-order valence-electron chi connectivity index (χ3n) is 3.30. The number of unbranched alkanes of at least 4 members (excludes halogenated alkanes) is 2. The summed E-state index contributed by atoms with van der Waals surface area (Å²) in [5.74, 6) is -0.801. The second-order valence-corrected chi connectivity index (χ2v) is 5.78. The van der Waals surface area contributed by atoms with Crippen molar-refractivity contribution in [2.45, 2.75) is 46.5 Å². The van der Waals surface area contributed by atoms with Gasteiger partial charge in [0.2, 0.25) is 0 Å². The van der Waals surface area contributed by atoms with Crippen molar-refractivity contribution in [2.75, 3.05) is 6.54 Å². The lowest BCUT2D eigenvalue weighted by atomic mass is 9.87. The van der Waals surface area contributed by atoms with Crippen molar-refractivity contribution >= 4 is 5.91 Å². The van der Waals surface area contributed by atoms with Crippen LogP contribution >= 0.6 is 0 Å². The molecule has 19 heavy (non-hydrogen) atoms. The SMILES string of the molecule is CCCCCC(C)(C)CNC(=O)c1ccccc1F. The van der Waals surface area contributed by atoms with E-state index >= 15 is 0 Å². The number of rotatable bonds is 7. The Hall–Kier alpha value is -1.38. The van der Waals surface area contributed by atoms with E-state index in [0.29, 0.717) is 6.54 Å². The summed E-state index contributed by atoms with van der Waals surface area (Å²) in [4.78, 5) is 11.9. The molecule has 0 aliphatic heterocycles. The maximum absolute atomic E-state index is 13.4. The van der Waals surface area contributed by atoms with Crippen LogP contribution in [-0.2, 0) is 0 Å². The largest absolute Gasteiger partial charge is 0.351 e. The Labute approximate surface area is 115 Å². The van der Waals surface area contributed by atoms with Crippen LogP contribution in [0, 0.1) is 11.2 Å². The molecule has 0 heterocycles. The monoisotopic (exact) mass is 265 g/mol. The molecule has 2 nitrogen and oxygen atoms in total. The van der Waals surface area contributed by atoms with Crippen molar-refractivity contribution in [3.05, 3.63) is 35.6 Å². The Morgan fingerprint density at radius 1 is 1.26 bits per heavy atom. The lowest BCUT2D eigenvalue weighted by Gasteiger charge is -2.25. The summed E-state index contributed by atoms with van der Waals surface area (Å²) in [6, 6.07) is 6.07. The molecule has 0 atom stereocenters. The molecule has 0 spiro atoms. The molecule has 0 saturated carbocycles. The topological polar surface area (TPSA) is 29.1 Å². The lowest BCUT2D eigenvalue weighted by Crippen LogP contribution is -2.34. The van der Waals surface area contributed by atoms with E-state index in [9.17, 15) is 9.18 Å². The van der Waals surface area contributed by atoms with E-state index in [-0.39, 0.29) is 16.9 Å². The van der Waals surface area contributed by atoms with Crippen molar-refractivity contribution in [3.8, 4) is 0 Å². The maximum Gasteiger partial charge on any atom is 0.254 e. The highest BCUT2D eigenvalue weighted by Gasteiger charge is 2.19. The first-order valence-corrected chi connectivity index (χ1v) is 6.99.